The fourth-order valence-corrected chi connectivity index (χ4v) is 5.63. The molecule has 10 nitrogen and oxygen atoms in total. The smallest absolute Gasteiger partial charge is 0.270 e. The van der Waals surface area contributed by atoms with E-state index in [1.165, 1.54) is 37.1 Å². The molecule has 0 radical (unpaired) electrons. The van der Waals surface area contributed by atoms with Crippen LogP contribution in [-0.2, 0) is 15.4 Å². The number of ether oxygens (including phenoxy) is 1. The molecule has 3 aromatic rings. The van der Waals surface area contributed by atoms with Crippen molar-refractivity contribution in [2.45, 2.75) is 24.2 Å². The van der Waals surface area contributed by atoms with Gasteiger partial charge in [-0.3, -0.25) is 20.3 Å². The quantitative estimate of drug-likeness (QED) is 0.239. The highest BCUT2D eigenvalue weighted by Gasteiger charge is 2.37. The van der Waals surface area contributed by atoms with Crippen LogP contribution < -0.4 is 19.8 Å². The number of nitro groups is 1. The Hall–Kier alpha value is -4.38. The molecule has 0 atom stereocenters. The topological polar surface area (TPSA) is 126 Å². The standard InChI is InChI=1S/C26H27N5O5S/c1-26(2)19-9-5-7-11-22(19)30(3)25(26)15-16-27-28-21-14-13-18(31(32)33)17-24(21)37(34,35)29-20-10-6-8-12-23(20)36-4/h5-17,28-29H,1-4H3/b25-15-,27-16-. The third-order valence-corrected chi connectivity index (χ3v) is 7.65. The Balaban J connectivity index is 1.64. The van der Waals surface area contributed by atoms with Crippen molar-refractivity contribution in [2.75, 3.05) is 29.2 Å². The molecular weight excluding hydrogens is 494 g/mol. The van der Waals surface area contributed by atoms with Gasteiger partial charge in [-0.2, -0.15) is 5.10 Å². The number of nitrogens with zero attached hydrogens (tertiary/aromatic N) is 3. The summed E-state index contributed by atoms with van der Waals surface area (Å²) in [5.74, 6) is 0.306. The lowest BCUT2D eigenvalue weighted by atomic mass is 9.84. The summed E-state index contributed by atoms with van der Waals surface area (Å²) in [6.45, 7) is 4.24. The second-order valence-electron chi connectivity index (χ2n) is 8.89. The molecule has 0 spiro atoms. The number of fused-ring (bicyclic) bond motifs is 1. The molecule has 3 aromatic carbocycles. The molecule has 1 aliphatic heterocycles. The van der Waals surface area contributed by atoms with Crippen LogP contribution in [0.1, 0.15) is 19.4 Å². The maximum atomic E-state index is 13.3. The van der Waals surface area contributed by atoms with Crippen LogP contribution in [0.5, 0.6) is 5.75 Å². The van der Waals surface area contributed by atoms with Gasteiger partial charge in [-0.1, -0.05) is 44.2 Å². The Morgan fingerprint density at radius 1 is 1.05 bits per heavy atom. The van der Waals surface area contributed by atoms with Gasteiger partial charge in [0.25, 0.3) is 15.7 Å². The van der Waals surface area contributed by atoms with Gasteiger partial charge in [-0.25, -0.2) is 8.42 Å². The van der Waals surface area contributed by atoms with Crippen molar-refractivity contribution in [1.82, 2.24) is 0 Å². The molecule has 0 amide bonds. The maximum absolute atomic E-state index is 13.3. The first kappa shape index (κ1) is 25.7. The molecule has 1 heterocycles. The Bertz CT molecular complexity index is 1520. The Morgan fingerprint density at radius 3 is 2.46 bits per heavy atom. The van der Waals surface area contributed by atoms with Crippen molar-refractivity contribution >= 4 is 39.0 Å². The number of nitrogens with one attached hydrogen (secondary N) is 2. The summed E-state index contributed by atoms with van der Waals surface area (Å²) < 4.78 is 34.2. The lowest BCUT2D eigenvalue weighted by Gasteiger charge is -2.23. The summed E-state index contributed by atoms with van der Waals surface area (Å²) in [7, 11) is -0.851. The van der Waals surface area contributed by atoms with Crippen LogP contribution in [0.25, 0.3) is 0 Å². The highest BCUT2D eigenvalue weighted by molar-refractivity contribution is 7.93. The number of anilines is 3. The van der Waals surface area contributed by atoms with Crippen molar-refractivity contribution in [1.29, 1.82) is 0 Å². The Kier molecular flexibility index (Phi) is 6.90. The molecule has 0 fully saturated rings. The summed E-state index contributed by atoms with van der Waals surface area (Å²) >= 11 is 0. The highest BCUT2D eigenvalue weighted by atomic mass is 32.2. The molecular formula is C26H27N5O5S. The summed E-state index contributed by atoms with van der Waals surface area (Å²) in [4.78, 5) is 12.4. The Labute approximate surface area is 215 Å². The number of hydrazone groups is 1. The van der Waals surface area contributed by atoms with Crippen molar-refractivity contribution < 1.29 is 18.1 Å². The van der Waals surface area contributed by atoms with Gasteiger partial charge in [0.1, 0.15) is 10.6 Å². The van der Waals surface area contributed by atoms with E-state index in [0.29, 0.717) is 5.75 Å². The van der Waals surface area contributed by atoms with E-state index in [-0.39, 0.29) is 27.4 Å². The minimum atomic E-state index is -4.24. The van der Waals surface area contributed by atoms with Crippen LogP contribution in [-0.4, -0.2) is 33.7 Å². The average molecular weight is 522 g/mol. The lowest BCUT2D eigenvalue weighted by Crippen LogP contribution is -2.23. The Morgan fingerprint density at radius 2 is 1.76 bits per heavy atom. The lowest BCUT2D eigenvalue weighted by molar-refractivity contribution is -0.385. The molecule has 11 heteroatoms. The van der Waals surface area contributed by atoms with Crippen LogP contribution >= 0.6 is 0 Å². The van der Waals surface area contributed by atoms with E-state index in [2.05, 4.69) is 46.1 Å². The largest absolute Gasteiger partial charge is 0.495 e. The number of nitro benzene ring substituents is 1. The van der Waals surface area contributed by atoms with Crippen LogP contribution in [0.3, 0.4) is 0 Å². The predicted molar refractivity (Wildman–Crippen MR) is 145 cm³/mol. The van der Waals surface area contributed by atoms with Crippen molar-refractivity contribution in [3.63, 3.8) is 0 Å². The number of hydrogen-bond acceptors (Lipinski definition) is 8. The van der Waals surface area contributed by atoms with Gasteiger partial charge in [-0.05, 0) is 35.9 Å². The zero-order valence-electron chi connectivity index (χ0n) is 20.8. The van der Waals surface area contributed by atoms with E-state index < -0.39 is 14.9 Å². The van der Waals surface area contributed by atoms with Gasteiger partial charge < -0.3 is 9.64 Å². The summed E-state index contributed by atoms with van der Waals surface area (Å²) in [5.41, 5.74) is 5.67. The number of non-ortho nitro benzene ring substituents is 1. The first-order chi connectivity index (χ1) is 17.6. The molecule has 0 bridgehead atoms. The molecule has 1 aliphatic rings. The van der Waals surface area contributed by atoms with Crippen LogP contribution in [0, 0.1) is 10.1 Å². The number of benzene rings is 3. The molecule has 0 saturated heterocycles. The third-order valence-electron chi connectivity index (χ3n) is 6.25. The fraction of sp³-hybridized carbons (Fsp3) is 0.192. The second kappa shape index (κ2) is 9.94. The number of hydrogen-bond donors (Lipinski definition) is 2. The van der Waals surface area contributed by atoms with E-state index in [1.54, 1.807) is 18.2 Å². The van der Waals surface area contributed by atoms with Crippen molar-refractivity contribution in [2.24, 2.45) is 5.10 Å². The van der Waals surface area contributed by atoms with Gasteiger partial charge >= 0.3 is 0 Å². The van der Waals surface area contributed by atoms with Crippen molar-refractivity contribution in [3.8, 4) is 5.75 Å². The zero-order chi connectivity index (χ0) is 26.8. The van der Waals surface area contributed by atoms with Crippen LogP contribution in [0.15, 0.2) is 88.5 Å². The minimum Gasteiger partial charge on any atom is -0.495 e. The van der Waals surface area contributed by atoms with Crippen LogP contribution in [0.4, 0.5) is 22.7 Å². The normalized spacial score (nSPS) is 15.6. The number of sulfonamides is 1. The SMILES string of the molecule is COc1ccccc1NS(=O)(=O)c1cc([N+](=O)[O-])ccc1N/N=C\C=C1/N(C)c2ccccc2C1(C)C. The van der Waals surface area contributed by atoms with Crippen LogP contribution in [0.2, 0.25) is 0 Å². The average Bonchev–Trinajstić information content (AvgIpc) is 3.07. The summed E-state index contributed by atoms with van der Waals surface area (Å²) in [6, 6.07) is 18.1. The summed E-state index contributed by atoms with van der Waals surface area (Å²) in [5, 5.41) is 15.5. The first-order valence-electron chi connectivity index (χ1n) is 11.3. The monoisotopic (exact) mass is 521 g/mol. The number of likely N-dealkylation sites (N-methyl/N-ethyl adjacent to an activating group) is 1. The number of allylic oxidation sites excluding steroid dienone is 2. The highest BCUT2D eigenvalue weighted by Crippen LogP contribution is 2.46. The zero-order valence-corrected chi connectivity index (χ0v) is 21.6. The maximum Gasteiger partial charge on any atom is 0.270 e. The molecule has 0 aliphatic carbocycles. The number of para-hydroxylation sites is 3. The molecule has 0 aromatic heterocycles. The van der Waals surface area contributed by atoms with E-state index in [0.717, 1.165) is 17.5 Å². The molecule has 0 unspecified atom stereocenters. The summed E-state index contributed by atoms with van der Waals surface area (Å²) in [6.07, 6.45) is 3.38. The van der Waals surface area contributed by atoms with E-state index >= 15 is 0 Å². The van der Waals surface area contributed by atoms with Gasteiger partial charge in [0.15, 0.2) is 0 Å². The van der Waals surface area contributed by atoms with E-state index in [9.17, 15) is 18.5 Å². The van der Waals surface area contributed by atoms with Gasteiger partial charge in [-0.15, -0.1) is 0 Å². The molecule has 37 heavy (non-hydrogen) atoms. The first-order valence-corrected chi connectivity index (χ1v) is 12.8. The number of methoxy groups -OCH3 is 1. The van der Waals surface area contributed by atoms with Gasteiger partial charge in [0, 0.05) is 42.2 Å². The molecule has 0 saturated carbocycles. The molecule has 4 rings (SSSR count). The molecule has 2 N–H and O–H groups in total. The fourth-order valence-electron chi connectivity index (χ4n) is 4.38. The van der Waals surface area contributed by atoms with E-state index in [1.807, 2.05) is 25.3 Å². The molecule has 192 valence electrons. The second-order valence-corrected chi connectivity index (χ2v) is 10.5. The third kappa shape index (κ3) is 4.98. The number of rotatable bonds is 8. The van der Waals surface area contributed by atoms with E-state index in [4.69, 9.17) is 4.74 Å². The minimum absolute atomic E-state index is 0.0740. The van der Waals surface area contributed by atoms with Gasteiger partial charge in [0.2, 0.25) is 0 Å². The predicted octanol–water partition coefficient (Wildman–Crippen LogP) is 5.11. The van der Waals surface area contributed by atoms with Crippen molar-refractivity contribution in [3.05, 3.63) is 94.2 Å². The van der Waals surface area contributed by atoms with Gasteiger partial charge in [0.05, 0.1) is 23.4 Å².